The number of nitrogens with one attached hydrogen (secondary N) is 2. The number of hydrogen-bond acceptors (Lipinski definition) is 5. The molecule has 0 radical (unpaired) electrons. The zero-order valence-corrected chi connectivity index (χ0v) is 18.0. The van der Waals surface area contributed by atoms with Gasteiger partial charge in [0, 0.05) is 6.42 Å². The second-order valence-corrected chi connectivity index (χ2v) is 7.18. The molecule has 3 rings (SSSR count). The van der Waals surface area contributed by atoms with Gasteiger partial charge in [0.1, 0.15) is 6.61 Å². The maximum atomic E-state index is 6.05. The topological polar surface area (TPSA) is 64.1 Å². The minimum Gasteiger partial charge on any atom is -0.490 e. The van der Waals surface area contributed by atoms with Gasteiger partial charge in [0.15, 0.2) is 17.3 Å². The Kier molecular flexibility index (Phi) is 7.30. The first-order chi connectivity index (χ1) is 14.1. The zero-order chi connectivity index (χ0) is 20.6. The van der Waals surface area contributed by atoms with E-state index in [1.165, 1.54) is 11.1 Å². The molecule has 0 aliphatic heterocycles. The Morgan fingerprint density at radius 1 is 1.10 bits per heavy atom. The Labute approximate surface area is 176 Å². The highest BCUT2D eigenvalue weighted by molar-refractivity contribution is 7.71. The van der Waals surface area contributed by atoms with Crippen molar-refractivity contribution in [2.24, 2.45) is 0 Å². The predicted octanol–water partition coefficient (Wildman–Crippen LogP) is 4.92. The molecule has 0 amide bonds. The number of hydrogen-bond donors (Lipinski definition) is 2. The standard InChI is InChI=1S/C22H28N4O2S/c1-4-8-21-24-25-22(29)26(21)23-14-17-11-12-19(20(13-17)27-5-2)28-15-18-10-7-6-9-16(18)3/h6-7,9-13,23H,4-5,8,14-15H2,1-3H3,(H,25,29). The largest absolute Gasteiger partial charge is 0.490 e. The Morgan fingerprint density at radius 3 is 2.69 bits per heavy atom. The highest BCUT2D eigenvalue weighted by Crippen LogP contribution is 2.29. The lowest BCUT2D eigenvalue weighted by molar-refractivity contribution is 0.268. The SMILES string of the molecule is CCCc1n[nH]c(=S)n1NCc1ccc(OCc2ccccc2C)c(OCC)c1. The third-order valence-electron chi connectivity index (χ3n) is 4.61. The molecule has 29 heavy (non-hydrogen) atoms. The Hall–Kier alpha value is -2.80. The Morgan fingerprint density at radius 2 is 1.93 bits per heavy atom. The minimum absolute atomic E-state index is 0.509. The van der Waals surface area contributed by atoms with Gasteiger partial charge in [-0.1, -0.05) is 37.3 Å². The molecule has 0 atom stereocenters. The highest BCUT2D eigenvalue weighted by Gasteiger charge is 2.09. The summed E-state index contributed by atoms with van der Waals surface area (Å²) in [7, 11) is 0. The lowest BCUT2D eigenvalue weighted by atomic mass is 10.1. The van der Waals surface area contributed by atoms with Gasteiger partial charge < -0.3 is 14.9 Å². The van der Waals surface area contributed by atoms with Gasteiger partial charge in [-0.25, -0.2) is 4.68 Å². The zero-order valence-electron chi connectivity index (χ0n) is 17.2. The van der Waals surface area contributed by atoms with Crippen molar-refractivity contribution >= 4 is 12.2 Å². The van der Waals surface area contributed by atoms with Crippen molar-refractivity contribution in [3.8, 4) is 11.5 Å². The van der Waals surface area contributed by atoms with Crippen molar-refractivity contribution in [2.75, 3.05) is 12.0 Å². The van der Waals surface area contributed by atoms with Crippen LogP contribution in [0.25, 0.3) is 0 Å². The molecular formula is C22H28N4O2S. The molecule has 154 valence electrons. The lowest BCUT2D eigenvalue weighted by Crippen LogP contribution is -2.17. The van der Waals surface area contributed by atoms with Crippen molar-refractivity contribution in [3.05, 3.63) is 69.8 Å². The fourth-order valence-corrected chi connectivity index (χ4v) is 3.25. The van der Waals surface area contributed by atoms with Gasteiger partial charge in [-0.3, -0.25) is 5.10 Å². The molecule has 0 unspecified atom stereocenters. The Bertz CT molecular complexity index is 996. The second kappa shape index (κ2) is 10.1. The highest BCUT2D eigenvalue weighted by atomic mass is 32.1. The number of H-pyrrole nitrogens is 1. The van der Waals surface area contributed by atoms with Gasteiger partial charge in [0.2, 0.25) is 4.77 Å². The number of aromatic amines is 1. The molecule has 0 spiro atoms. The molecule has 6 nitrogen and oxygen atoms in total. The summed E-state index contributed by atoms with van der Waals surface area (Å²) in [5.41, 5.74) is 6.79. The van der Waals surface area contributed by atoms with E-state index < -0.39 is 0 Å². The van der Waals surface area contributed by atoms with Crippen LogP contribution >= 0.6 is 12.2 Å². The number of aryl methyl sites for hydroxylation is 2. The molecule has 3 aromatic rings. The summed E-state index contributed by atoms with van der Waals surface area (Å²) < 4.78 is 14.3. The molecule has 7 heteroatoms. The van der Waals surface area contributed by atoms with Crippen molar-refractivity contribution in [1.29, 1.82) is 0 Å². The average Bonchev–Trinajstić information content (AvgIpc) is 3.07. The molecule has 0 saturated carbocycles. The predicted molar refractivity (Wildman–Crippen MR) is 118 cm³/mol. The fraction of sp³-hybridized carbons (Fsp3) is 0.364. The number of nitrogens with zero attached hydrogens (tertiary/aromatic N) is 2. The quantitative estimate of drug-likeness (QED) is 0.463. The molecule has 0 aliphatic carbocycles. The molecule has 0 fully saturated rings. The van der Waals surface area contributed by atoms with E-state index in [1.807, 2.05) is 41.9 Å². The van der Waals surface area contributed by atoms with Crippen LogP contribution in [0.1, 0.15) is 42.8 Å². The third kappa shape index (κ3) is 5.38. The molecule has 1 heterocycles. The van der Waals surface area contributed by atoms with Gasteiger partial charge in [-0.15, -0.1) is 0 Å². The fourth-order valence-electron chi connectivity index (χ4n) is 3.03. The minimum atomic E-state index is 0.509. The molecule has 0 aliphatic rings. The lowest BCUT2D eigenvalue weighted by Gasteiger charge is -2.15. The molecule has 2 N–H and O–H groups in total. The van der Waals surface area contributed by atoms with E-state index in [4.69, 9.17) is 21.7 Å². The van der Waals surface area contributed by atoms with Crippen LogP contribution in [-0.4, -0.2) is 21.5 Å². The van der Waals surface area contributed by atoms with Crippen LogP contribution < -0.4 is 14.9 Å². The molecule has 2 aromatic carbocycles. The third-order valence-corrected chi connectivity index (χ3v) is 4.88. The molecule has 1 aromatic heterocycles. The van der Waals surface area contributed by atoms with E-state index in [0.29, 0.717) is 24.5 Å². The van der Waals surface area contributed by atoms with Crippen molar-refractivity contribution in [3.63, 3.8) is 0 Å². The number of benzene rings is 2. The number of rotatable bonds is 10. The average molecular weight is 413 g/mol. The van der Waals surface area contributed by atoms with Crippen molar-refractivity contribution in [2.45, 2.75) is 46.8 Å². The molecule has 0 saturated heterocycles. The van der Waals surface area contributed by atoms with Crippen LogP contribution in [0.5, 0.6) is 11.5 Å². The molecule has 0 bridgehead atoms. The van der Waals surface area contributed by atoms with E-state index >= 15 is 0 Å². The van der Waals surface area contributed by atoms with E-state index in [1.54, 1.807) is 0 Å². The van der Waals surface area contributed by atoms with Crippen LogP contribution in [0.4, 0.5) is 0 Å². The van der Waals surface area contributed by atoms with E-state index in [2.05, 4.69) is 41.6 Å². The van der Waals surface area contributed by atoms with Crippen LogP contribution in [0.2, 0.25) is 0 Å². The van der Waals surface area contributed by atoms with Crippen molar-refractivity contribution in [1.82, 2.24) is 14.9 Å². The summed E-state index contributed by atoms with van der Waals surface area (Å²) in [5, 5.41) is 7.12. The summed E-state index contributed by atoms with van der Waals surface area (Å²) in [4.78, 5) is 0. The smallest absolute Gasteiger partial charge is 0.214 e. The maximum absolute atomic E-state index is 6.05. The summed E-state index contributed by atoms with van der Waals surface area (Å²) in [5.74, 6) is 2.39. The van der Waals surface area contributed by atoms with Crippen LogP contribution in [0, 0.1) is 11.7 Å². The van der Waals surface area contributed by atoms with Gasteiger partial charge in [-0.05, 0) is 61.3 Å². The monoisotopic (exact) mass is 412 g/mol. The first-order valence-electron chi connectivity index (χ1n) is 9.95. The molecular weight excluding hydrogens is 384 g/mol. The van der Waals surface area contributed by atoms with E-state index in [-0.39, 0.29) is 0 Å². The normalized spacial score (nSPS) is 10.7. The van der Waals surface area contributed by atoms with Crippen molar-refractivity contribution < 1.29 is 9.47 Å². The summed E-state index contributed by atoms with van der Waals surface area (Å²) in [6.07, 6.45) is 1.86. The maximum Gasteiger partial charge on any atom is 0.214 e. The summed E-state index contributed by atoms with van der Waals surface area (Å²) in [6.45, 7) is 7.86. The number of ether oxygens (including phenoxy) is 2. The first-order valence-corrected chi connectivity index (χ1v) is 10.4. The first kappa shape index (κ1) is 20.9. The Balaban J connectivity index is 1.71. The van der Waals surface area contributed by atoms with Gasteiger partial charge >= 0.3 is 0 Å². The van der Waals surface area contributed by atoms with E-state index in [0.717, 1.165) is 35.7 Å². The van der Waals surface area contributed by atoms with Gasteiger partial charge in [0.25, 0.3) is 0 Å². The van der Waals surface area contributed by atoms with Crippen LogP contribution in [-0.2, 0) is 19.6 Å². The van der Waals surface area contributed by atoms with Gasteiger partial charge in [0.05, 0.1) is 13.2 Å². The number of aromatic nitrogens is 3. The summed E-state index contributed by atoms with van der Waals surface area (Å²) in [6, 6.07) is 14.2. The summed E-state index contributed by atoms with van der Waals surface area (Å²) >= 11 is 5.32. The second-order valence-electron chi connectivity index (χ2n) is 6.79. The van der Waals surface area contributed by atoms with Gasteiger partial charge in [-0.2, -0.15) is 5.10 Å². The van der Waals surface area contributed by atoms with E-state index in [9.17, 15) is 0 Å². The van der Waals surface area contributed by atoms with Crippen LogP contribution in [0.15, 0.2) is 42.5 Å². The van der Waals surface area contributed by atoms with Crippen LogP contribution in [0.3, 0.4) is 0 Å².